The lowest BCUT2D eigenvalue weighted by atomic mass is 10.1. The number of methoxy groups -OCH3 is 1. The summed E-state index contributed by atoms with van der Waals surface area (Å²) in [5.74, 6) is 0.618. The van der Waals surface area contributed by atoms with Gasteiger partial charge in [0.05, 0.1) is 35.3 Å². The molecule has 2 heterocycles. The summed E-state index contributed by atoms with van der Waals surface area (Å²) in [5, 5.41) is 23.3. The van der Waals surface area contributed by atoms with Crippen molar-refractivity contribution in [1.82, 2.24) is 20.5 Å². The number of urea groups is 1. The minimum Gasteiger partial charge on any atom is -0.474 e. The molecule has 29 heavy (non-hydrogen) atoms. The molecule has 154 valence electrons. The lowest BCUT2D eigenvalue weighted by Crippen LogP contribution is -2.31. The molecule has 0 bridgehead atoms. The average Bonchev–Trinajstić information content (AvgIpc) is 3.11. The number of H-pyrrole nitrogens is 1. The standard InChI is InChI=1S/C20H25N5O4/c1-12(14-7-5-4-6-8-14)21-20(27)23-16-11-15-17(18(22-16)13(2)26)19(25-24-15)29-10-9-28-3/h4-8,11-13,26H,9-10H2,1-3H3,(H,24,25)(H2,21,22,23,27)/t12-,13-/m1/s1. The summed E-state index contributed by atoms with van der Waals surface area (Å²) in [5.41, 5.74) is 1.94. The highest BCUT2D eigenvalue weighted by molar-refractivity contribution is 5.93. The molecule has 0 fully saturated rings. The Morgan fingerprint density at radius 3 is 2.69 bits per heavy atom. The van der Waals surface area contributed by atoms with E-state index in [2.05, 4.69) is 25.8 Å². The first-order chi connectivity index (χ1) is 14.0. The van der Waals surface area contributed by atoms with Crippen LogP contribution in [-0.4, -0.2) is 46.6 Å². The Morgan fingerprint density at radius 2 is 2.00 bits per heavy atom. The van der Waals surface area contributed by atoms with E-state index in [9.17, 15) is 9.90 Å². The van der Waals surface area contributed by atoms with E-state index < -0.39 is 12.1 Å². The number of hydrogen-bond donors (Lipinski definition) is 4. The van der Waals surface area contributed by atoms with Gasteiger partial charge in [0.25, 0.3) is 0 Å². The van der Waals surface area contributed by atoms with E-state index in [1.807, 2.05) is 37.3 Å². The van der Waals surface area contributed by atoms with Crippen LogP contribution in [0.25, 0.3) is 10.9 Å². The summed E-state index contributed by atoms with van der Waals surface area (Å²) >= 11 is 0. The monoisotopic (exact) mass is 399 g/mol. The lowest BCUT2D eigenvalue weighted by Gasteiger charge is -2.15. The van der Waals surface area contributed by atoms with Gasteiger partial charge in [-0.05, 0) is 19.4 Å². The van der Waals surface area contributed by atoms with Crippen LogP contribution >= 0.6 is 0 Å². The maximum absolute atomic E-state index is 12.4. The van der Waals surface area contributed by atoms with Gasteiger partial charge in [-0.3, -0.25) is 10.4 Å². The molecule has 4 N–H and O–H groups in total. The molecule has 0 unspecified atom stereocenters. The minimum atomic E-state index is -0.882. The van der Waals surface area contributed by atoms with Crippen LogP contribution < -0.4 is 15.4 Å². The van der Waals surface area contributed by atoms with Crippen LogP contribution in [0.1, 0.15) is 37.3 Å². The molecule has 0 saturated heterocycles. The van der Waals surface area contributed by atoms with Crippen molar-refractivity contribution in [3.63, 3.8) is 0 Å². The minimum absolute atomic E-state index is 0.177. The van der Waals surface area contributed by atoms with E-state index in [-0.39, 0.29) is 6.04 Å². The van der Waals surface area contributed by atoms with Crippen molar-refractivity contribution in [2.75, 3.05) is 25.6 Å². The smallest absolute Gasteiger partial charge is 0.320 e. The van der Waals surface area contributed by atoms with Gasteiger partial charge < -0.3 is 19.9 Å². The van der Waals surface area contributed by atoms with Gasteiger partial charge in [0.15, 0.2) is 0 Å². The van der Waals surface area contributed by atoms with Gasteiger partial charge in [0.1, 0.15) is 12.4 Å². The molecule has 0 aliphatic heterocycles. The third kappa shape index (κ3) is 5.01. The molecule has 0 spiro atoms. The van der Waals surface area contributed by atoms with E-state index in [0.717, 1.165) is 5.56 Å². The number of pyridine rings is 1. The molecule has 3 rings (SSSR count). The quantitative estimate of drug-likeness (QED) is 0.432. The summed E-state index contributed by atoms with van der Waals surface area (Å²) in [6, 6.07) is 10.7. The molecule has 3 aromatic rings. The zero-order valence-corrected chi connectivity index (χ0v) is 16.6. The Balaban J connectivity index is 1.78. The largest absolute Gasteiger partial charge is 0.474 e. The number of nitrogens with zero attached hydrogens (tertiary/aromatic N) is 2. The number of hydrogen-bond acceptors (Lipinski definition) is 6. The fourth-order valence-electron chi connectivity index (χ4n) is 2.91. The first-order valence-corrected chi connectivity index (χ1v) is 9.31. The number of aromatic amines is 1. The predicted molar refractivity (Wildman–Crippen MR) is 109 cm³/mol. The highest BCUT2D eigenvalue weighted by Crippen LogP contribution is 2.31. The van der Waals surface area contributed by atoms with Gasteiger partial charge in [-0.1, -0.05) is 30.3 Å². The van der Waals surface area contributed by atoms with Crippen LogP contribution in [-0.2, 0) is 4.74 Å². The lowest BCUT2D eigenvalue weighted by molar-refractivity contribution is 0.144. The van der Waals surface area contributed by atoms with Crippen LogP contribution in [0, 0.1) is 0 Å². The fraction of sp³-hybridized carbons (Fsp3) is 0.350. The summed E-state index contributed by atoms with van der Waals surface area (Å²) < 4.78 is 10.6. The topological polar surface area (TPSA) is 121 Å². The second-order valence-corrected chi connectivity index (χ2v) is 6.59. The average molecular weight is 399 g/mol. The highest BCUT2D eigenvalue weighted by atomic mass is 16.5. The molecule has 2 atom stereocenters. The number of amides is 2. The number of benzene rings is 1. The maximum Gasteiger partial charge on any atom is 0.320 e. The summed E-state index contributed by atoms with van der Waals surface area (Å²) in [6.07, 6.45) is -0.882. The molecule has 0 radical (unpaired) electrons. The Kier molecular flexibility index (Phi) is 6.63. The van der Waals surface area contributed by atoms with Gasteiger partial charge in [-0.2, -0.15) is 0 Å². The van der Waals surface area contributed by atoms with Crippen molar-refractivity contribution in [3.8, 4) is 5.88 Å². The van der Waals surface area contributed by atoms with Crippen LogP contribution in [0.5, 0.6) is 5.88 Å². The number of aliphatic hydroxyl groups is 1. The van der Waals surface area contributed by atoms with Crippen LogP contribution in [0.3, 0.4) is 0 Å². The van der Waals surface area contributed by atoms with E-state index in [4.69, 9.17) is 9.47 Å². The van der Waals surface area contributed by atoms with Crippen LogP contribution in [0.4, 0.5) is 10.6 Å². The van der Waals surface area contributed by atoms with Crippen molar-refractivity contribution < 1.29 is 19.4 Å². The molecule has 0 saturated carbocycles. The molecule has 9 heteroatoms. The zero-order valence-electron chi connectivity index (χ0n) is 16.6. The normalized spacial score (nSPS) is 13.1. The fourth-order valence-corrected chi connectivity index (χ4v) is 2.91. The summed E-state index contributed by atoms with van der Waals surface area (Å²) in [7, 11) is 1.58. The number of fused-ring (bicyclic) bond motifs is 1. The molecule has 9 nitrogen and oxygen atoms in total. The Morgan fingerprint density at radius 1 is 1.24 bits per heavy atom. The molecule has 1 aromatic carbocycles. The van der Waals surface area contributed by atoms with Crippen LogP contribution in [0.2, 0.25) is 0 Å². The zero-order chi connectivity index (χ0) is 20.8. The number of rotatable bonds is 8. The Hall–Kier alpha value is -3.17. The third-order valence-corrected chi connectivity index (χ3v) is 4.35. The Bertz CT molecular complexity index is 958. The van der Waals surface area contributed by atoms with Crippen molar-refractivity contribution >= 4 is 22.8 Å². The predicted octanol–water partition coefficient (Wildman–Crippen LogP) is 2.92. The third-order valence-electron chi connectivity index (χ3n) is 4.35. The number of nitrogens with one attached hydrogen (secondary N) is 3. The first-order valence-electron chi connectivity index (χ1n) is 9.31. The number of ether oxygens (including phenoxy) is 2. The number of aliphatic hydroxyl groups excluding tert-OH is 1. The van der Waals surface area contributed by atoms with E-state index >= 15 is 0 Å². The van der Waals surface area contributed by atoms with Crippen molar-refractivity contribution in [3.05, 3.63) is 47.7 Å². The summed E-state index contributed by atoms with van der Waals surface area (Å²) in [4.78, 5) is 16.8. The van der Waals surface area contributed by atoms with Crippen molar-refractivity contribution in [2.24, 2.45) is 0 Å². The number of carbonyl (C=O) groups is 1. The van der Waals surface area contributed by atoms with Gasteiger partial charge >= 0.3 is 6.03 Å². The molecule has 0 aliphatic carbocycles. The van der Waals surface area contributed by atoms with Gasteiger partial charge in [0, 0.05) is 13.2 Å². The SMILES string of the molecule is COCCOc1n[nH]c2cc(NC(=O)N[C@H](C)c3ccccc3)nc([C@@H](C)O)c12. The van der Waals surface area contributed by atoms with E-state index in [0.29, 0.717) is 41.5 Å². The molecular formula is C20H25N5O4. The first kappa shape index (κ1) is 20.6. The van der Waals surface area contributed by atoms with E-state index in [1.165, 1.54) is 0 Å². The molecule has 2 amide bonds. The second kappa shape index (κ2) is 9.35. The van der Waals surface area contributed by atoms with Crippen molar-refractivity contribution in [2.45, 2.75) is 26.0 Å². The van der Waals surface area contributed by atoms with E-state index in [1.54, 1.807) is 20.1 Å². The molecular weight excluding hydrogens is 374 g/mol. The number of anilines is 1. The van der Waals surface area contributed by atoms with Crippen molar-refractivity contribution in [1.29, 1.82) is 0 Å². The van der Waals surface area contributed by atoms with Crippen LogP contribution in [0.15, 0.2) is 36.4 Å². The second-order valence-electron chi connectivity index (χ2n) is 6.59. The number of carbonyl (C=O) groups excluding carboxylic acids is 1. The molecule has 0 aliphatic rings. The number of aromatic nitrogens is 3. The highest BCUT2D eigenvalue weighted by Gasteiger charge is 2.19. The van der Waals surface area contributed by atoms with Gasteiger partial charge in [-0.25, -0.2) is 9.78 Å². The summed E-state index contributed by atoms with van der Waals surface area (Å²) in [6.45, 7) is 4.21. The van der Waals surface area contributed by atoms with Gasteiger partial charge in [0.2, 0.25) is 5.88 Å². The Labute approximate surface area is 168 Å². The molecule has 2 aromatic heterocycles. The van der Waals surface area contributed by atoms with Gasteiger partial charge in [-0.15, -0.1) is 5.10 Å². The maximum atomic E-state index is 12.4.